The molecule has 0 bridgehead atoms. The largest absolute Gasteiger partial charge is 0.375 e. The smallest absolute Gasteiger partial charge is 0.251 e. The van der Waals surface area contributed by atoms with Gasteiger partial charge in [0.05, 0.1) is 17.9 Å². The van der Waals surface area contributed by atoms with E-state index in [-0.39, 0.29) is 18.1 Å². The quantitative estimate of drug-likeness (QED) is 0.896. The highest BCUT2D eigenvalue weighted by atomic mass is 19.1. The summed E-state index contributed by atoms with van der Waals surface area (Å²) >= 11 is 0. The van der Waals surface area contributed by atoms with Crippen molar-refractivity contribution in [1.29, 1.82) is 0 Å². The standard InChI is InChI=1S/C17H26FN3O2/c1-12-10-21(11-13(2)23-12)8-7-19-17(22)14-5-6-16(20(3)4)15(18)9-14/h5-6,9,12-13H,7-8,10-11H2,1-4H3,(H,19,22). The van der Waals surface area contributed by atoms with Crippen LogP contribution in [0.15, 0.2) is 18.2 Å². The van der Waals surface area contributed by atoms with Gasteiger partial charge in [0.1, 0.15) is 5.82 Å². The molecule has 0 aromatic heterocycles. The molecule has 0 saturated carbocycles. The second-order valence-electron chi connectivity index (χ2n) is 6.33. The topological polar surface area (TPSA) is 44.8 Å². The molecule has 1 aromatic rings. The molecule has 5 nitrogen and oxygen atoms in total. The summed E-state index contributed by atoms with van der Waals surface area (Å²) in [6.07, 6.45) is 0.421. The summed E-state index contributed by atoms with van der Waals surface area (Å²) in [6.45, 7) is 7.14. The number of anilines is 1. The number of morpholine rings is 1. The average Bonchev–Trinajstić information content (AvgIpc) is 2.45. The van der Waals surface area contributed by atoms with Crippen molar-refractivity contribution < 1.29 is 13.9 Å². The molecule has 6 heteroatoms. The Balaban J connectivity index is 1.84. The number of nitrogens with one attached hydrogen (secondary N) is 1. The molecule has 1 saturated heterocycles. The Bertz CT molecular complexity index is 541. The third kappa shape index (κ3) is 4.91. The number of amides is 1. The Kier molecular flexibility index (Phi) is 5.96. The van der Waals surface area contributed by atoms with Gasteiger partial charge in [-0.05, 0) is 32.0 Å². The summed E-state index contributed by atoms with van der Waals surface area (Å²) in [5, 5.41) is 2.85. The van der Waals surface area contributed by atoms with Crippen LogP contribution >= 0.6 is 0 Å². The zero-order chi connectivity index (χ0) is 17.0. The maximum Gasteiger partial charge on any atom is 0.251 e. The molecule has 1 aliphatic heterocycles. The van der Waals surface area contributed by atoms with Crippen LogP contribution in [0.2, 0.25) is 0 Å². The number of rotatable bonds is 5. The van der Waals surface area contributed by atoms with E-state index in [1.165, 1.54) is 6.07 Å². The minimum atomic E-state index is -0.390. The lowest BCUT2D eigenvalue weighted by Gasteiger charge is -2.35. The fourth-order valence-electron chi connectivity index (χ4n) is 2.91. The van der Waals surface area contributed by atoms with Crippen LogP contribution in [0.3, 0.4) is 0 Å². The van der Waals surface area contributed by atoms with Crippen molar-refractivity contribution in [2.24, 2.45) is 0 Å². The van der Waals surface area contributed by atoms with Crippen molar-refractivity contribution in [3.63, 3.8) is 0 Å². The van der Waals surface area contributed by atoms with Gasteiger partial charge in [-0.25, -0.2) is 4.39 Å². The van der Waals surface area contributed by atoms with Gasteiger partial charge in [-0.1, -0.05) is 0 Å². The van der Waals surface area contributed by atoms with E-state index >= 15 is 0 Å². The SMILES string of the molecule is CC1CN(CCNC(=O)c2ccc(N(C)C)c(F)c2)CC(C)O1. The number of benzene rings is 1. The Hall–Kier alpha value is -1.66. The zero-order valence-corrected chi connectivity index (χ0v) is 14.3. The van der Waals surface area contributed by atoms with Gasteiger partial charge in [0.25, 0.3) is 5.91 Å². The number of carbonyl (C=O) groups excluding carboxylic acids is 1. The lowest BCUT2D eigenvalue weighted by atomic mass is 10.1. The molecular weight excluding hydrogens is 297 g/mol. The van der Waals surface area contributed by atoms with E-state index in [0.717, 1.165) is 19.6 Å². The molecule has 1 N–H and O–H groups in total. The molecule has 1 amide bonds. The van der Waals surface area contributed by atoms with Crippen LogP contribution in [0.5, 0.6) is 0 Å². The van der Waals surface area contributed by atoms with E-state index in [1.54, 1.807) is 31.1 Å². The van der Waals surface area contributed by atoms with Crippen molar-refractivity contribution in [1.82, 2.24) is 10.2 Å². The van der Waals surface area contributed by atoms with E-state index in [2.05, 4.69) is 24.1 Å². The van der Waals surface area contributed by atoms with Gasteiger partial charge in [0, 0.05) is 45.8 Å². The van der Waals surface area contributed by atoms with E-state index < -0.39 is 5.82 Å². The van der Waals surface area contributed by atoms with Gasteiger partial charge in [0.2, 0.25) is 0 Å². The number of halogens is 1. The molecule has 2 atom stereocenters. The number of hydrogen-bond donors (Lipinski definition) is 1. The van der Waals surface area contributed by atoms with Crippen LogP contribution in [0.4, 0.5) is 10.1 Å². The van der Waals surface area contributed by atoms with Gasteiger partial charge in [-0.3, -0.25) is 9.69 Å². The first-order valence-electron chi connectivity index (χ1n) is 7.99. The van der Waals surface area contributed by atoms with Crippen LogP contribution < -0.4 is 10.2 Å². The average molecular weight is 323 g/mol. The lowest BCUT2D eigenvalue weighted by Crippen LogP contribution is -2.47. The van der Waals surface area contributed by atoms with Crippen molar-refractivity contribution in [3.05, 3.63) is 29.6 Å². The fraction of sp³-hybridized carbons (Fsp3) is 0.588. The van der Waals surface area contributed by atoms with Crippen molar-refractivity contribution in [2.45, 2.75) is 26.1 Å². The third-order valence-corrected chi connectivity index (χ3v) is 3.90. The zero-order valence-electron chi connectivity index (χ0n) is 14.3. The molecule has 0 radical (unpaired) electrons. The highest BCUT2D eigenvalue weighted by Crippen LogP contribution is 2.18. The van der Waals surface area contributed by atoms with E-state index in [9.17, 15) is 9.18 Å². The normalized spacial score (nSPS) is 22.0. The van der Waals surface area contributed by atoms with Crippen LogP contribution in [-0.4, -0.2) is 63.3 Å². The summed E-state index contributed by atoms with van der Waals surface area (Å²) < 4.78 is 19.6. The van der Waals surface area contributed by atoms with Crippen LogP contribution in [0.25, 0.3) is 0 Å². The Labute approximate surface area is 137 Å². The van der Waals surface area contributed by atoms with Crippen LogP contribution in [0, 0.1) is 5.82 Å². The summed E-state index contributed by atoms with van der Waals surface area (Å²) in [6, 6.07) is 4.55. The predicted octanol–water partition coefficient (Wildman–Crippen LogP) is 1.73. The van der Waals surface area contributed by atoms with Crippen molar-refractivity contribution >= 4 is 11.6 Å². The van der Waals surface area contributed by atoms with Crippen molar-refractivity contribution in [2.75, 3.05) is 45.2 Å². The maximum absolute atomic E-state index is 13.9. The minimum absolute atomic E-state index is 0.210. The maximum atomic E-state index is 13.9. The molecule has 2 rings (SSSR count). The summed E-state index contributed by atoms with van der Waals surface area (Å²) in [7, 11) is 3.53. The van der Waals surface area contributed by atoms with E-state index in [4.69, 9.17) is 4.74 Å². The molecule has 1 heterocycles. The monoisotopic (exact) mass is 323 g/mol. The third-order valence-electron chi connectivity index (χ3n) is 3.90. The molecule has 0 spiro atoms. The molecule has 1 fully saturated rings. The van der Waals surface area contributed by atoms with Gasteiger partial charge in [-0.2, -0.15) is 0 Å². The molecule has 23 heavy (non-hydrogen) atoms. The Morgan fingerprint density at radius 3 is 2.57 bits per heavy atom. The first-order valence-corrected chi connectivity index (χ1v) is 7.99. The van der Waals surface area contributed by atoms with Crippen LogP contribution in [-0.2, 0) is 4.74 Å². The summed E-state index contributed by atoms with van der Waals surface area (Å²) in [4.78, 5) is 16.1. The highest BCUT2D eigenvalue weighted by Gasteiger charge is 2.21. The second-order valence-corrected chi connectivity index (χ2v) is 6.33. The highest BCUT2D eigenvalue weighted by molar-refractivity contribution is 5.94. The summed E-state index contributed by atoms with van der Waals surface area (Å²) in [5.41, 5.74) is 0.814. The van der Waals surface area contributed by atoms with Gasteiger partial charge < -0.3 is 15.0 Å². The Morgan fingerprint density at radius 1 is 1.35 bits per heavy atom. The lowest BCUT2D eigenvalue weighted by molar-refractivity contribution is -0.0672. The molecular formula is C17H26FN3O2. The molecule has 0 aliphatic carbocycles. The predicted molar refractivity (Wildman–Crippen MR) is 89.5 cm³/mol. The number of ether oxygens (including phenoxy) is 1. The molecule has 1 aromatic carbocycles. The minimum Gasteiger partial charge on any atom is -0.375 e. The summed E-state index contributed by atoms with van der Waals surface area (Å²) in [5.74, 6) is -0.637. The van der Waals surface area contributed by atoms with Crippen LogP contribution in [0.1, 0.15) is 24.2 Å². The Morgan fingerprint density at radius 2 is 2.00 bits per heavy atom. The van der Waals surface area contributed by atoms with Crippen molar-refractivity contribution in [3.8, 4) is 0 Å². The molecule has 2 unspecified atom stereocenters. The van der Waals surface area contributed by atoms with E-state index in [0.29, 0.717) is 17.8 Å². The molecule has 1 aliphatic rings. The first-order chi connectivity index (χ1) is 10.9. The fourth-order valence-corrected chi connectivity index (χ4v) is 2.91. The van der Waals surface area contributed by atoms with Gasteiger partial charge in [0.15, 0.2) is 0 Å². The second kappa shape index (κ2) is 7.75. The van der Waals surface area contributed by atoms with Gasteiger partial charge >= 0.3 is 0 Å². The first kappa shape index (κ1) is 17.7. The number of carbonyl (C=O) groups is 1. The number of hydrogen-bond acceptors (Lipinski definition) is 4. The molecule has 128 valence electrons. The van der Waals surface area contributed by atoms with Gasteiger partial charge in [-0.15, -0.1) is 0 Å². The van der Waals surface area contributed by atoms with E-state index in [1.807, 2.05) is 0 Å². The number of nitrogens with zero attached hydrogens (tertiary/aromatic N) is 2.